The molecule has 6 heteroatoms. The van der Waals surface area contributed by atoms with Crippen LogP contribution < -0.4 is 4.74 Å². The van der Waals surface area contributed by atoms with Crippen molar-refractivity contribution in [1.29, 1.82) is 0 Å². The van der Waals surface area contributed by atoms with E-state index < -0.39 is 0 Å². The maximum atomic E-state index is 12.4. The summed E-state index contributed by atoms with van der Waals surface area (Å²) in [4.78, 5) is 12.4. The molecule has 0 aliphatic carbocycles. The molecule has 5 nitrogen and oxygen atoms in total. The Kier molecular flexibility index (Phi) is 4.21. The van der Waals surface area contributed by atoms with Crippen LogP contribution in [-0.2, 0) is 6.61 Å². The van der Waals surface area contributed by atoms with Crippen LogP contribution in [0.1, 0.15) is 27.7 Å². The molecule has 0 atom stereocenters. The molecule has 0 saturated carbocycles. The van der Waals surface area contributed by atoms with Crippen LogP contribution in [0.25, 0.3) is 0 Å². The highest BCUT2D eigenvalue weighted by molar-refractivity contribution is 6.30. The van der Waals surface area contributed by atoms with Gasteiger partial charge < -0.3 is 9.15 Å². The van der Waals surface area contributed by atoms with Crippen LogP contribution in [-0.4, -0.2) is 15.7 Å². The highest BCUT2D eigenvalue weighted by atomic mass is 35.5. The van der Waals surface area contributed by atoms with Crippen LogP contribution in [0.5, 0.6) is 5.75 Å². The van der Waals surface area contributed by atoms with Gasteiger partial charge in [0.15, 0.2) is 5.76 Å². The van der Waals surface area contributed by atoms with Gasteiger partial charge in [0, 0.05) is 10.7 Å². The lowest BCUT2D eigenvalue weighted by molar-refractivity contribution is 0.0910. The number of furan rings is 1. The molecule has 0 spiro atoms. The summed E-state index contributed by atoms with van der Waals surface area (Å²) in [5.41, 5.74) is 1.55. The number of hydrogen-bond acceptors (Lipinski definition) is 4. The summed E-state index contributed by atoms with van der Waals surface area (Å²) in [6.45, 7) is 3.87. The van der Waals surface area contributed by atoms with E-state index in [0.29, 0.717) is 16.5 Å². The molecule has 0 amide bonds. The van der Waals surface area contributed by atoms with E-state index in [1.54, 1.807) is 36.4 Å². The van der Waals surface area contributed by atoms with Gasteiger partial charge in [-0.3, -0.25) is 4.79 Å². The summed E-state index contributed by atoms with van der Waals surface area (Å²) in [7, 11) is 0. The van der Waals surface area contributed by atoms with Gasteiger partial charge in [-0.05, 0) is 50.2 Å². The van der Waals surface area contributed by atoms with E-state index in [4.69, 9.17) is 20.8 Å². The third-order valence-electron chi connectivity index (χ3n) is 3.25. The fraction of sp³-hybridized carbons (Fsp3) is 0.176. The van der Waals surface area contributed by atoms with Gasteiger partial charge in [0.25, 0.3) is 0 Å². The van der Waals surface area contributed by atoms with E-state index in [0.717, 1.165) is 11.4 Å². The standard InChI is InChI=1S/C17H15ClN2O3/c1-11-8-12(2)20(19-11)17(21)16-7-6-15(23-16)10-22-14-5-3-4-13(18)9-14/h3-9H,10H2,1-2H3. The molecule has 0 bridgehead atoms. The molecule has 0 fully saturated rings. The molecular weight excluding hydrogens is 316 g/mol. The van der Waals surface area contributed by atoms with E-state index in [-0.39, 0.29) is 18.3 Å². The van der Waals surface area contributed by atoms with Crippen molar-refractivity contribution < 1.29 is 13.9 Å². The summed E-state index contributed by atoms with van der Waals surface area (Å²) < 4.78 is 12.5. The fourth-order valence-corrected chi connectivity index (χ4v) is 2.40. The largest absolute Gasteiger partial charge is 0.486 e. The summed E-state index contributed by atoms with van der Waals surface area (Å²) in [6, 6.07) is 12.3. The molecule has 3 rings (SSSR count). The number of aryl methyl sites for hydroxylation is 2. The van der Waals surface area contributed by atoms with Crippen molar-refractivity contribution in [3.63, 3.8) is 0 Å². The fourth-order valence-electron chi connectivity index (χ4n) is 2.22. The number of hydrogen-bond donors (Lipinski definition) is 0. The molecule has 0 aliphatic rings. The van der Waals surface area contributed by atoms with Crippen molar-refractivity contribution in [2.45, 2.75) is 20.5 Å². The van der Waals surface area contributed by atoms with E-state index in [2.05, 4.69) is 5.10 Å². The van der Waals surface area contributed by atoms with Crippen molar-refractivity contribution in [1.82, 2.24) is 9.78 Å². The summed E-state index contributed by atoms with van der Waals surface area (Å²) in [5, 5.41) is 4.76. The van der Waals surface area contributed by atoms with Gasteiger partial charge >= 0.3 is 5.91 Å². The van der Waals surface area contributed by atoms with Crippen molar-refractivity contribution in [3.8, 4) is 5.75 Å². The topological polar surface area (TPSA) is 57.3 Å². The van der Waals surface area contributed by atoms with Gasteiger partial charge in [0.05, 0.1) is 5.69 Å². The van der Waals surface area contributed by atoms with Gasteiger partial charge in [-0.15, -0.1) is 0 Å². The lowest BCUT2D eigenvalue weighted by Crippen LogP contribution is -2.14. The van der Waals surface area contributed by atoms with E-state index in [9.17, 15) is 4.79 Å². The molecule has 118 valence electrons. The molecule has 2 aromatic heterocycles. The van der Waals surface area contributed by atoms with Gasteiger partial charge in [-0.1, -0.05) is 17.7 Å². The molecule has 0 aliphatic heterocycles. The quantitative estimate of drug-likeness (QED) is 0.725. The zero-order valence-electron chi connectivity index (χ0n) is 12.7. The predicted octanol–water partition coefficient (Wildman–Crippen LogP) is 4.01. The molecule has 23 heavy (non-hydrogen) atoms. The zero-order valence-corrected chi connectivity index (χ0v) is 13.5. The van der Waals surface area contributed by atoms with Gasteiger partial charge in [0.2, 0.25) is 0 Å². The number of ether oxygens (including phenoxy) is 1. The Hall–Kier alpha value is -2.53. The number of nitrogens with zero attached hydrogens (tertiary/aromatic N) is 2. The molecule has 3 aromatic rings. The highest BCUT2D eigenvalue weighted by Crippen LogP contribution is 2.19. The van der Waals surface area contributed by atoms with Gasteiger partial charge in [-0.25, -0.2) is 0 Å². The average Bonchev–Trinajstić information content (AvgIpc) is 3.11. The van der Waals surface area contributed by atoms with E-state index in [1.165, 1.54) is 4.68 Å². The van der Waals surface area contributed by atoms with E-state index in [1.807, 2.05) is 19.9 Å². The van der Waals surface area contributed by atoms with Gasteiger partial charge in [0.1, 0.15) is 18.1 Å². The third-order valence-corrected chi connectivity index (χ3v) is 3.49. The average molecular weight is 331 g/mol. The zero-order chi connectivity index (χ0) is 16.4. The Morgan fingerprint density at radius 3 is 2.78 bits per heavy atom. The lowest BCUT2D eigenvalue weighted by Gasteiger charge is -2.04. The number of benzene rings is 1. The van der Waals surface area contributed by atoms with Crippen LogP contribution in [0.2, 0.25) is 5.02 Å². The second-order valence-corrected chi connectivity index (χ2v) is 5.59. The molecule has 2 heterocycles. The summed E-state index contributed by atoms with van der Waals surface area (Å²) in [6.07, 6.45) is 0. The molecule has 0 N–H and O–H groups in total. The van der Waals surface area contributed by atoms with Crippen LogP contribution >= 0.6 is 11.6 Å². The highest BCUT2D eigenvalue weighted by Gasteiger charge is 2.16. The smallest absolute Gasteiger partial charge is 0.314 e. The number of carbonyl (C=O) groups is 1. The third kappa shape index (κ3) is 3.46. The SMILES string of the molecule is Cc1cc(C)n(C(=O)c2ccc(COc3cccc(Cl)c3)o2)n1. The summed E-state index contributed by atoms with van der Waals surface area (Å²) >= 11 is 5.90. The first-order chi connectivity index (χ1) is 11.0. The normalized spacial score (nSPS) is 10.7. The Labute approximate surface area is 138 Å². The van der Waals surface area contributed by atoms with Crippen molar-refractivity contribution in [2.24, 2.45) is 0 Å². The lowest BCUT2D eigenvalue weighted by atomic mass is 10.3. The number of carbonyl (C=O) groups excluding carboxylic acids is 1. The maximum Gasteiger partial charge on any atom is 0.314 e. The molecule has 0 saturated heterocycles. The Balaban J connectivity index is 1.70. The molecule has 0 radical (unpaired) electrons. The van der Waals surface area contributed by atoms with Crippen molar-refractivity contribution in [2.75, 3.05) is 0 Å². The monoisotopic (exact) mass is 330 g/mol. The van der Waals surface area contributed by atoms with Crippen LogP contribution in [0.3, 0.4) is 0 Å². The predicted molar refractivity (Wildman–Crippen MR) is 85.9 cm³/mol. The first-order valence-corrected chi connectivity index (χ1v) is 7.46. The molecular formula is C17H15ClN2O3. The minimum Gasteiger partial charge on any atom is -0.486 e. The minimum absolute atomic E-state index is 0.213. The van der Waals surface area contributed by atoms with Crippen molar-refractivity contribution in [3.05, 3.63) is 70.4 Å². The molecule has 0 unspecified atom stereocenters. The Morgan fingerprint density at radius 2 is 2.09 bits per heavy atom. The number of rotatable bonds is 4. The first-order valence-electron chi connectivity index (χ1n) is 7.08. The van der Waals surface area contributed by atoms with Crippen LogP contribution in [0.15, 0.2) is 46.9 Å². The minimum atomic E-state index is -0.301. The molecule has 1 aromatic carbocycles. The number of aromatic nitrogens is 2. The van der Waals surface area contributed by atoms with Crippen LogP contribution in [0, 0.1) is 13.8 Å². The Morgan fingerprint density at radius 1 is 1.26 bits per heavy atom. The maximum absolute atomic E-state index is 12.4. The Bertz CT molecular complexity index is 851. The van der Waals surface area contributed by atoms with Crippen LogP contribution in [0.4, 0.5) is 0 Å². The first kappa shape index (κ1) is 15.4. The summed E-state index contributed by atoms with van der Waals surface area (Å²) in [5.74, 6) is 1.11. The second-order valence-electron chi connectivity index (χ2n) is 5.16. The second kappa shape index (κ2) is 6.30. The number of halogens is 1. The van der Waals surface area contributed by atoms with E-state index >= 15 is 0 Å². The van der Waals surface area contributed by atoms with Gasteiger partial charge in [-0.2, -0.15) is 9.78 Å². The van der Waals surface area contributed by atoms with Crippen molar-refractivity contribution >= 4 is 17.5 Å².